The van der Waals surface area contributed by atoms with Crippen molar-refractivity contribution in [3.8, 4) is 0 Å². The van der Waals surface area contributed by atoms with Gasteiger partial charge in [-0.05, 0) is 12.1 Å². The van der Waals surface area contributed by atoms with Crippen LogP contribution in [0.2, 0.25) is 0 Å². The molecular formula is C8H12N2O2. The van der Waals surface area contributed by atoms with Crippen molar-refractivity contribution in [1.82, 2.24) is 5.32 Å². The predicted molar refractivity (Wildman–Crippen MR) is 44.5 cm³/mol. The number of nitrogens with one attached hydrogen (secondary N) is 1. The zero-order valence-corrected chi connectivity index (χ0v) is 6.75. The number of rotatable bonds is 5. The van der Waals surface area contributed by atoms with E-state index in [9.17, 15) is 4.79 Å². The molecule has 0 aliphatic heterocycles. The van der Waals surface area contributed by atoms with Crippen molar-refractivity contribution >= 4 is 5.78 Å². The Labute approximate surface area is 70.7 Å². The fourth-order valence-electron chi connectivity index (χ4n) is 0.810. The Morgan fingerprint density at radius 2 is 2.50 bits per heavy atom. The van der Waals surface area contributed by atoms with Crippen molar-refractivity contribution in [2.45, 2.75) is 6.54 Å². The van der Waals surface area contributed by atoms with E-state index in [0.717, 1.165) is 5.76 Å². The van der Waals surface area contributed by atoms with Crippen LogP contribution in [-0.2, 0) is 11.3 Å². The molecule has 0 bridgehead atoms. The number of hydrogen-bond donors (Lipinski definition) is 2. The van der Waals surface area contributed by atoms with Gasteiger partial charge in [-0.25, -0.2) is 0 Å². The number of ketones is 1. The molecule has 3 N–H and O–H groups in total. The zero-order valence-electron chi connectivity index (χ0n) is 6.75. The molecular weight excluding hydrogens is 156 g/mol. The fourth-order valence-corrected chi connectivity index (χ4v) is 0.810. The van der Waals surface area contributed by atoms with Crippen molar-refractivity contribution in [3.63, 3.8) is 0 Å². The standard InChI is InChI=1S/C8H12N2O2/c9-4-7(11)5-10-6-8-2-1-3-12-8/h1-3,10H,4-6,9H2. The average molecular weight is 168 g/mol. The van der Waals surface area contributed by atoms with Crippen molar-refractivity contribution in [3.05, 3.63) is 24.2 Å². The van der Waals surface area contributed by atoms with E-state index in [2.05, 4.69) is 5.32 Å². The van der Waals surface area contributed by atoms with Gasteiger partial charge in [0.15, 0.2) is 5.78 Å². The van der Waals surface area contributed by atoms with Crippen LogP contribution in [-0.4, -0.2) is 18.9 Å². The van der Waals surface area contributed by atoms with Crippen LogP contribution in [0.15, 0.2) is 22.8 Å². The van der Waals surface area contributed by atoms with Gasteiger partial charge in [0.1, 0.15) is 5.76 Å². The molecule has 0 unspecified atom stereocenters. The summed E-state index contributed by atoms with van der Waals surface area (Å²) in [7, 11) is 0. The monoisotopic (exact) mass is 168 g/mol. The van der Waals surface area contributed by atoms with E-state index >= 15 is 0 Å². The van der Waals surface area contributed by atoms with Crippen LogP contribution >= 0.6 is 0 Å². The molecule has 12 heavy (non-hydrogen) atoms. The largest absolute Gasteiger partial charge is 0.468 e. The summed E-state index contributed by atoms with van der Waals surface area (Å²) in [5, 5.41) is 2.92. The molecule has 1 aromatic rings. The van der Waals surface area contributed by atoms with Crippen molar-refractivity contribution in [1.29, 1.82) is 0 Å². The Morgan fingerprint density at radius 1 is 1.67 bits per heavy atom. The number of Topliss-reactive ketones (excluding diaryl/α,β-unsaturated/α-hetero) is 1. The van der Waals surface area contributed by atoms with Gasteiger partial charge < -0.3 is 15.5 Å². The Morgan fingerprint density at radius 3 is 3.08 bits per heavy atom. The van der Waals surface area contributed by atoms with Gasteiger partial charge >= 0.3 is 0 Å². The number of nitrogens with two attached hydrogens (primary N) is 1. The topological polar surface area (TPSA) is 68.3 Å². The molecule has 1 rings (SSSR count). The SMILES string of the molecule is NCC(=O)CNCc1ccco1. The summed E-state index contributed by atoms with van der Waals surface area (Å²) < 4.78 is 5.04. The van der Waals surface area contributed by atoms with Crippen LogP contribution < -0.4 is 11.1 Å². The van der Waals surface area contributed by atoms with Gasteiger partial charge in [0.05, 0.1) is 25.9 Å². The number of carbonyl (C=O) groups excluding carboxylic acids is 1. The molecule has 1 heterocycles. The zero-order chi connectivity index (χ0) is 8.81. The van der Waals surface area contributed by atoms with Gasteiger partial charge in [0.2, 0.25) is 0 Å². The highest BCUT2D eigenvalue weighted by atomic mass is 16.3. The molecule has 0 amide bonds. The van der Waals surface area contributed by atoms with Crippen LogP contribution in [0.5, 0.6) is 0 Å². The second kappa shape index (κ2) is 4.69. The second-order valence-electron chi connectivity index (χ2n) is 2.43. The molecule has 0 aliphatic carbocycles. The van der Waals surface area contributed by atoms with Gasteiger partial charge in [-0.2, -0.15) is 0 Å². The predicted octanol–water partition coefficient (Wildman–Crippen LogP) is -0.103. The van der Waals surface area contributed by atoms with Gasteiger partial charge in [-0.1, -0.05) is 0 Å². The molecule has 0 saturated heterocycles. The summed E-state index contributed by atoms with van der Waals surface area (Å²) >= 11 is 0. The first-order chi connectivity index (χ1) is 5.83. The molecule has 0 saturated carbocycles. The third-order valence-corrected chi connectivity index (χ3v) is 1.43. The molecule has 0 fully saturated rings. The molecule has 0 spiro atoms. The molecule has 0 radical (unpaired) electrons. The average Bonchev–Trinajstić information content (AvgIpc) is 2.57. The maximum Gasteiger partial charge on any atom is 0.160 e. The minimum absolute atomic E-state index is 0.00144. The van der Waals surface area contributed by atoms with Crippen LogP contribution in [0.25, 0.3) is 0 Å². The van der Waals surface area contributed by atoms with E-state index in [1.165, 1.54) is 0 Å². The molecule has 0 aromatic carbocycles. The minimum Gasteiger partial charge on any atom is -0.468 e. The number of hydrogen-bond acceptors (Lipinski definition) is 4. The Kier molecular flexibility index (Phi) is 3.50. The summed E-state index contributed by atoms with van der Waals surface area (Å²) in [5.41, 5.74) is 5.12. The Bertz CT molecular complexity index is 231. The lowest BCUT2D eigenvalue weighted by atomic mass is 10.4. The molecule has 4 heteroatoms. The first-order valence-electron chi connectivity index (χ1n) is 3.78. The summed E-state index contributed by atoms with van der Waals surface area (Å²) in [6.07, 6.45) is 1.60. The normalized spacial score (nSPS) is 10.1. The van der Waals surface area contributed by atoms with E-state index in [4.69, 9.17) is 10.2 Å². The van der Waals surface area contributed by atoms with Gasteiger partial charge in [0.25, 0.3) is 0 Å². The lowest BCUT2D eigenvalue weighted by Gasteiger charge is -1.98. The fraction of sp³-hybridized carbons (Fsp3) is 0.375. The molecule has 0 atom stereocenters. The van der Waals surface area contributed by atoms with Crippen LogP contribution in [0.3, 0.4) is 0 Å². The highest BCUT2D eigenvalue weighted by molar-refractivity contribution is 5.82. The van der Waals surface area contributed by atoms with E-state index in [1.54, 1.807) is 6.26 Å². The third kappa shape index (κ3) is 2.86. The summed E-state index contributed by atoms with van der Waals surface area (Å²) in [6.45, 7) is 0.959. The lowest BCUT2D eigenvalue weighted by Crippen LogP contribution is -2.27. The van der Waals surface area contributed by atoms with Crippen molar-refractivity contribution in [2.75, 3.05) is 13.1 Å². The summed E-state index contributed by atoms with van der Waals surface area (Å²) in [5.74, 6) is 0.821. The highest BCUT2D eigenvalue weighted by Crippen LogP contribution is 1.97. The third-order valence-electron chi connectivity index (χ3n) is 1.43. The second-order valence-corrected chi connectivity index (χ2v) is 2.43. The van der Waals surface area contributed by atoms with E-state index in [1.807, 2.05) is 12.1 Å². The number of carbonyl (C=O) groups is 1. The maximum absolute atomic E-state index is 10.7. The molecule has 1 aromatic heterocycles. The molecule has 66 valence electrons. The quantitative estimate of drug-likeness (QED) is 0.644. The number of furan rings is 1. The summed E-state index contributed by atoms with van der Waals surface area (Å²) in [6, 6.07) is 3.65. The van der Waals surface area contributed by atoms with Crippen LogP contribution in [0, 0.1) is 0 Å². The molecule has 0 aliphatic rings. The lowest BCUT2D eigenvalue weighted by molar-refractivity contribution is -0.116. The Hall–Kier alpha value is -1.13. The maximum atomic E-state index is 10.7. The first-order valence-corrected chi connectivity index (χ1v) is 3.78. The molecule has 4 nitrogen and oxygen atoms in total. The van der Waals surface area contributed by atoms with E-state index in [0.29, 0.717) is 13.1 Å². The van der Waals surface area contributed by atoms with E-state index in [-0.39, 0.29) is 12.3 Å². The Balaban J connectivity index is 2.15. The van der Waals surface area contributed by atoms with Gasteiger partial charge in [0, 0.05) is 0 Å². The first kappa shape index (κ1) is 8.96. The highest BCUT2D eigenvalue weighted by Gasteiger charge is 1.98. The summed E-state index contributed by atoms with van der Waals surface area (Å²) in [4.78, 5) is 10.7. The van der Waals surface area contributed by atoms with Crippen LogP contribution in [0.1, 0.15) is 5.76 Å². The van der Waals surface area contributed by atoms with E-state index < -0.39 is 0 Å². The van der Waals surface area contributed by atoms with Gasteiger partial charge in [-0.3, -0.25) is 4.79 Å². The van der Waals surface area contributed by atoms with Crippen molar-refractivity contribution in [2.24, 2.45) is 5.73 Å². The minimum atomic E-state index is 0.00144. The van der Waals surface area contributed by atoms with Gasteiger partial charge in [-0.15, -0.1) is 0 Å². The smallest absolute Gasteiger partial charge is 0.160 e. The van der Waals surface area contributed by atoms with Crippen LogP contribution in [0.4, 0.5) is 0 Å². The van der Waals surface area contributed by atoms with Crippen molar-refractivity contribution < 1.29 is 9.21 Å².